The minimum Gasteiger partial charge on any atom is -0.462 e. The molecule has 9 nitrogen and oxygen atoms in total. The molecule has 1 aromatic heterocycles. The summed E-state index contributed by atoms with van der Waals surface area (Å²) in [6, 6.07) is 12.2. The topological polar surface area (TPSA) is 116 Å². The highest BCUT2D eigenvalue weighted by molar-refractivity contribution is 7.92. The van der Waals surface area contributed by atoms with Crippen LogP contribution in [0.1, 0.15) is 17.3 Å². The van der Waals surface area contributed by atoms with E-state index in [4.69, 9.17) is 4.74 Å². The maximum atomic E-state index is 12.6. The van der Waals surface area contributed by atoms with Crippen LogP contribution in [0.15, 0.2) is 59.8 Å². The van der Waals surface area contributed by atoms with E-state index in [0.717, 1.165) is 0 Å². The predicted octanol–water partition coefficient (Wildman–Crippen LogP) is 1.64. The normalized spacial score (nSPS) is 11.1. The van der Waals surface area contributed by atoms with Crippen molar-refractivity contribution in [3.63, 3.8) is 0 Å². The highest BCUT2D eigenvalue weighted by Gasteiger charge is 2.18. The lowest BCUT2D eigenvalue weighted by molar-refractivity contribution is 0.0526. The summed E-state index contributed by atoms with van der Waals surface area (Å²) >= 11 is 0. The second kappa shape index (κ2) is 7.31. The predicted molar refractivity (Wildman–Crippen MR) is 92.4 cm³/mol. The SMILES string of the molecule is CCOC(=O)c1ccc(S(=O)(=O)Nc2ccccc2-n2cnnn2)cc1. The molecular formula is C16H15N5O4S. The highest BCUT2D eigenvalue weighted by Crippen LogP contribution is 2.22. The summed E-state index contributed by atoms with van der Waals surface area (Å²) in [5.41, 5.74) is 1.07. The first-order valence-corrected chi connectivity index (χ1v) is 9.12. The van der Waals surface area contributed by atoms with Crippen LogP contribution in [0.2, 0.25) is 0 Å². The van der Waals surface area contributed by atoms with E-state index in [9.17, 15) is 13.2 Å². The summed E-state index contributed by atoms with van der Waals surface area (Å²) in [6.45, 7) is 1.94. The molecule has 0 radical (unpaired) electrons. The van der Waals surface area contributed by atoms with Gasteiger partial charge in [0.2, 0.25) is 0 Å². The standard InChI is InChI=1S/C16H15N5O4S/c1-2-25-16(22)12-7-9-13(10-8-12)26(23,24)18-14-5-3-4-6-15(14)21-11-17-19-20-21/h3-11,18H,2H2,1H3. The fourth-order valence-electron chi connectivity index (χ4n) is 2.22. The van der Waals surface area contributed by atoms with E-state index in [2.05, 4.69) is 20.2 Å². The molecule has 10 heteroatoms. The molecule has 134 valence electrons. The van der Waals surface area contributed by atoms with Gasteiger partial charge in [-0.1, -0.05) is 12.1 Å². The molecule has 3 aromatic rings. The number of rotatable bonds is 6. The smallest absolute Gasteiger partial charge is 0.338 e. The molecule has 0 fully saturated rings. The van der Waals surface area contributed by atoms with Crippen LogP contribution in [0.4, 0.5) is 5.69 Å². The van der Waals surface area contributed by atoms with Gasteiger partial charge in [-0.2, -0.15) is 4.68 Å². The van der Waals surface area contributed by atoms with Crippen molar-refractivity contribution in [2.75, 3.05) is 11.3 Å². The molecule has 1 heterocycles. The Hall–Kier alpha value is -3.27. The lowest BCUT2D eigenvalue weighted by atomic mass is 10.2. The van der Waals surface area contributed by atoms with Crippen LogP contribution in [0.3, 0.4) is 0 Å². The zero-order valence-electron chi connectivity index (χ0n) is 13.7. The molecule has 0 atom stereocenters. The molecule has 0 unspecified atom stereocenters. The molecule has 1 N–H and O–H groups in total. The molecular weight excluding hydrogens is 358 g/mol. The van der Waals surface area contributed by atoms with E-state index in [1.165, 1.54) is 35.3 Å². The van der Waals surface area contributed by atoms with Crippen molar-refractivity contribution in [3.8, 4) is 5.69 Å². The Morgan fingerprint density at radius 3 is 2.54 bits per heavy atom. The van der Waals surface area contributed by atoms with Crippen molar-refractivity contribution >= 4 is 21.7 Å². The molecule has 0 saturated carbocycles. The number of tetrazole rings is 1. The van der Waals surface area contributed by atoms with E-state index in [1.54, 1.807) is 31.2 Å². The van der Waals surface area contributed by atoms with E-state index in [1.807, 2.05) is 0 Å². The molecule has 0 spiro atoms. The summed E-state index contributed by atoms with van der Waals surface area (Å²) < 4.78 is 34.0. The van der Waals surface area contributed by atoms with E-state index < -0.39 is 16.0 Å². The molecule has 26 heavy (non-hydrogen) atoms. The number of carbonyl (C=O) groups excluding carboxylic acids is 1. The third-order valence-corrected chi connectivity index (χ3v) is 4.80. The van der Waals surface area contributed by atoms with Crippen LogP contribution in [0.5, 0.6) is 0 Å². The molecule has 0 aliphatic heterocycles. The minimum atomic E-state index is -3.87. The summed E-state index contributed by atoms with van der Waals surface area (Å²) in [5.74, 6) is -0.506. The molecule has 0 amide bonds. The maximum absolute atomic E-state index is 12.6. The molecule has 0 aliphatic rings. The Morgan fingerprint density at radius 2 is 1.88 bits per heavy atom. The number of hydrogen-bond acceptors (Lipinski definition) is 7. The van der Waals surface area contributed by atoms with Crippen molar-refractivity contribution in [2.24, 2.45) is 0 Å². The van der Waals surface area contributed by atoms with Crippen LogP contribution in [-0.4, -0.2) is 41.2 Å². The molecule has 3 rings (SSSR count). The quantitative estimate of drug-likeness (QED) is 0.653. The Balaban J connectivity index is 1.87. The van der Waals surface area contributed by atoms with Crippen molar-refractivity contribution in [1.29, 1.82) is 0 Å². The first kappa shape index (κ1) is 17.5. The third kappa shape index (κ3) is 3.70. The Bertz CT molecular complexity index is 1000. The number of nitrogens with zero attached hydrogens (tertiary/aromatic N) is 4. The summed E-state index contributed by atoms with van der Waals surface area (Å²) in [4.78, 5) is 11.7. The van der Waals surface area contributed by atoms with Crippen LogP contribution < -0.4 is 4.72 Å². The van der Waals surface area contributed by atoms with Crippen LogP contribution in [0.25, 0.3) is 5.69 Å². The van der Waals surface area contributed by atoms with Gasteiger partial charge in [-0.3, -0.25) is 4.72 Å². The summed E-state index contributed by atoms with van der Waals surface area (Å²) in [7, 11) is -3.87. The van der Waals surface area contributed by atoms with Crippen molar-refractivity contribution < 1.29 is 17.9 Å². The van der Waals surface area contributed by atoms with Crippen LogP contribution >= 0.6 is 0 Å². The van der Waals surface area contributed by atoms with E-state index in [-0.39, 0.29) is 17.1 Å². The molecule has 0 aliphatic carbocycles. The highest BCUT2D eigenvalue weighted by atomic mass is 32.2. The first-order valence-electron chi connectivity index (χ1n) is 7.63. The number of sulfonamides is 1. The maximum Gasteiger partial charge on any atom is 0.338 e. The van der Waals surface area contributed by atoms with Gasteiger partial charge < -0.3 is 4.74 Å². The molecule has 2 aromatic carbocycles. The number of anilines is 1. The van der Waals surface area contributed by atoms with Gasteiger partial charge in [-0.15, -0.1) is 5.10 Å². The Kier molecular flexibility index (Phi) is 4.94. The molecule has 0 saturated heterocycles. The Morgan fingerprint density at radius 1 is 1.15 bits per heavy atom. The third-order valence-electron chi connectivity index (χ3n) is 3.42. The van der Waals surface area contributed by atoms with Gasteiger partial charge in [0.25, 0.3) is 10.0 Å². The number of aromatic nitrogens is 4. The lowest BCUT2D eigenvalue weighted by Gasteiger charge is -2.12. The number of benzene rings is 2. The fraction of sp³-hybridized carbons (Fsp3) is 0.125. The number of para-hydroxylation sites is 2. The van der Waals surface area contributed by atoms with Gasteiger partial charge in [0, 0.05) is 0 Å². The van der Waals surface area contributed by atoms with Gasteiger partial charge in [0.1, 0.15) is 6.33 Å². The van der Waals surface area contributed by atoms with Gasteiger partial charge in [-0.25, -0.2) is 13.2 Å². The van der Waals surface area contributed by atoms with Crippen LogP contribution in [-0.2, 0) is 14.8 Å². The zero-order valence-corrected chi connectivity index (χ0v) is 14.5. The first-order chi connectivity index (χ1) is 12.5. The van der Waals surface area contributed by atoms with Crippen molar-refractivity contribution in [2.45, 2.75) is 11.8 Å². The Labute approximate surface area is 149 Å². The minimum absolute atomic E-state index is 0.0112. The largest absolute Gasteiger partial charge is 0.462 e. The fourth-order valence-corrected chi connectivity index (χ4v) is 3.29. The number of nitrogens with one attached hydrogen (secondary N) is 1. The van der Waals surface area contributed by atoms with Crippen molar-refractivity contribution in [3.05, 3.63) is 60.4 Å². The second-order valence-corrected chi connectivity index (χ2v) is 6.80. The second-order valence-electron chi connectivity index (χ2n) is 5.12. The average Bonchev–Trinajstić information content (AvgIpc) is 3.17. The van der Waals surface area contributed by atoms with Gasteiger partial charge >= 0.3 is 5.97 Å². The van der Waals surface area contributed by atoms with E-state index >= 15 is 0 Å². The van der Waals surface area contributed by atoms with Gasteiger partial charge in [0.05, 0.1) is 28.4 Å². The van der Waals surface area contributed by atoms with Crippen LogP contribution in [0, 0.1) is 0 Å². The number of carbonyl (C=O) groups is 1. The number of ether oxygens (including phenoxy) is 1. The number of hydrogen-bond donors (Lipinski definition) is 1. The van der Waals surface area contributed by atoms with Crippen molar-refractivity contribution in [1.82, 2.24) is 20.2 Å². The molecule has 0 bridgehead atoms. The zero-order chi connectivity index (χ0) is 18.6. The van der Waals surface area contributed by atoms with Gasteiger partial charge in [0.15, 0.2) is 0 Å². The number of esters is 1. The average molecular weight is 373 g/mol. The summed E-state index contributed by atoms with van der Waals surface area (Å²) in [5, 5.41) is 10.9. The summed E-state index contributed by atoms with van der Waals surface area (Å²) in [6.07, 6.45) is 1.36. The van der Waals surface area contributed by atoms with Gasteiger partial charge in [-0.05, 0) is 53.7 Å². The van der Waals surface area contributed by atoms with E-state index in [0.29, 0.717) is 11.4 Å². The lowest BCUT2D eigenvalue weighted by Crippen LogP contribution is -2.15. The monoisotopic (exact) mass is 373 g/mol.